The van der Waals surface area contributed by atoms with Crippen LogP contribution in [-0.4, -0.2) is 4.98 Å². The molecule has 54 valence electrons. The molecule has 0 spiro atoms. The number of nitrogens with zero attached hydrogens (tertiary/aromatic N) is 1. The third kappa shape index (κ3) is 0.617. The van der Waals surface area contributed by atoms with Crippen LogP contribution in [0, 0.1) is 0 Å². The number of hydrogen-bond acceptors (Lipinski definition) is 2. The first-order valence-corrected chi connectivity index (χ1v) is 3.34. The van der Waals surface area contributed by atoms with Crippen LogP contribution in [0.1, 0.15) is 0 Å². The van der Waals surface area contributed by atoms with Gasteiger partial charge in [-0.1, -0.05) is 6.07 Å². The maximum Gasteiger partial charge on any atom is 0.0702 e. The maximum atomic E-state index is 4.26. The Labute approximate surface area is 64.5 Å². The zero-order valence-corrected chi connectivity index (χ0v) is 6.04. The Morgan fingerprint density at radius 2 is 1.82 bits per heavy atom. The summed E-state index contributed by atoms with van der Waals surface area (Å²) in [6.45, 7) is 0. The van der Waals surface area contributed by atoms with Gasteiger partial charge in [-0.05, 0) is 23.8 Å². The maximum absolute atomic E-state index is 4.26. The summed E-state index contributed by atoms with van der Waals surface area (Å²) in [5, 5.41) is 1.27. The van der Waals surface area contributed by atoms with E-state index in [4.69, 9.17) is 0 Å². The van der Waals surface area contributed by atoms with E-state index < -0.39 is 0 Å². The lowest BCUT2D eigenvalue weighted by atomic mass is 10.2. The Balaban J connectivity index is 0.000000480. The number of benzene rings is 1. The molecule has 0 amide bonds. The Morgan fingerprint density at radius 1 is 1.00 bits per heavy atom. The smallest absolute Gasteiger partial charge is 0.0702 e. The van der Waals surface area contributed by atoms with Crippen molar-refractivity contribution in [2.24, 2.45) is 0 Å². The lowest BCUT2D eigenvalue weighted by Crippen LogP contribution is -1.67. The minimum Gasteiger partial charge on any atom is -0.344 e. The van der Waals surface area contributed by atoms with Gasteiger partial charge in [0.05, 0.1) is 5.52 Å². The summed E-state index contributed by atoms with van der Waals surface area (Å²) in [6, 6.07) is 8.54. The molecule has 2 heteroatoms. The van der Waals surface area contributed by atoms with Crippen molar-refractivity contribution in [1.82, 2.24) is 11.1 Å². The molecule has 1 aliphatic carbocycles. The number of pyridine rings is 1. The lowest BCUT2D eigenvalue weighted by Gasteiger charge is -1.84. The SMILES string of the molecule is N.c1cc2ncc3cc2cc1-3. The minimum absolute atomic E-state index is 0. The number of rotatable bonds is 0. The van der Waals surface area contributed by atoms with Crippen molar-refractivity contribution in [1.29, 1.82) is 0 Å². The van der Waals surface area contributed by atoms with Gasteiger partial charge in [0.2, 0.25) is 0 Å². The molecule has 1 heterocycles. The average Bonchev–Trinajstić information content (AvgIpc) is 2.19. The van der Waals surface area contributed by atoms with E-state index in [0.29, 0.717) is 0 Å². The molecule has 0 saturated heterocycles. The Kier molecular flexibility index (Phi) is 1.03. The van der Waals surface area contributed by atoms with Crippen molar-refractivity contribution < 1.29 is 0 Å². The van der Waals surface area contributed by atoms with E-state index in [1.54, 1.807) is 0 Å². The summed E-state index contributed by atoms with van der Waals surface area (Å²) in [5.41, 5.74) is 3.66. The van der Waals surface area contributed by atoms with E-state index in [9.17, 15) is 0 Å². The van der Waals surface area contributed by atoms with Crippen LogP contribution in [0.2, 0.25) is 0 Å². The predicted molar refractivity (Wildman–Crippen MR) is 45.8 cm³/mol. The minimum atomic E-state index is 0. The molecule has 0 radical (unpaired) electrons. The van der Waals surface area contributed by atoms with Crippen molar-refractivity contribution in [2.75, 3.05) is 0 Å². The summed E-state index contributed by atoms with van der Waals surface area (Å²) in [7, 11) is 0. The second-order valence-electron chi connectivity index (χ2n) is 2.63. The molecule has 1 aliphatic rings. The molecular weight excluding hydrogens is 136 g/mol. The van der Waals surface area contributed by atoms with Gasteiger partial charge in [0.1, 0.15) is 0 Å². The largest absolute Gasteiger partial charge is 0.344 e. The molecule has 0 atom stereocenters. The van der Waals surface area contributed by atoms with Crippen molar-refractivity contribution in [3.63, 3.8) is 0 Å². The molecule has 0 aliphatic heterocycles. The van der Waals surface area contributed by atoms with Gasteiger partial charge in [-0.25, -0.2) is 0 Å². The topological polar surface area (TPSA) is 47.9 Å². The second-order valence-corrected chi connectivity index (χ2v) is 2.63. The molecule has 0 fully saturated rings. The van der Waals surface area contributed by atoms with Crippen LogP contribution < -0.4 is 6.15 Å². The van der Waals surface area contributed by atoms with Gasteiger partial charge in [-0.3, -0.25) is 4.98 Å². The quantitative estimate of drug-likeness (QED) is 0.526. The van der Waals surface area contributed by atoms with E-state index in [-0.39, 0.29) is 6.15 Å². The zero-order valence-electron chi connectivity index (χ0n) is 6.04. The van der Waals surface area contributed by atoms with Crippen LogP contribution in [0.25, 0.3) is 22.0 Å². The lowest BCUT2D eigenvalue weighted by molar-refractivity contribution is 1.44. The van der Waals surface area contributed by atoms with Crippen LogP contribution in [-0.2, 0) is 0 Å². The van der Waals surface area contributed by atoms with E-state index in [2.05, 4.69) is 29.2 Å². The van der Waals surface area contributed by atoms with E-state index in [1.807, 2.05) is 6.20 Å². The van der Waals surface area contributed by atoms with Crippen LogP contribution in [0.5, 0.6) is 0 Å². The predicted octanol–water partition coefficient (Wildman–Crippen LogP) is 2.38. The van der Waals surface area contributed by atoms with Crippen molar-refractivity contribution >= 4 is 10.9 Å². The van der Waals surface area contributed by atoms with Crippen molar-refractivity contribution in [3.05, 3.63) is 30.5 Å². The van der Waals surface area contributed by atoms with Gasteiger partial charge in [0.15, 0.2) is 0 Å². The first-order chi connectivity index (χ1) is 4.93. The number of aromatic nitrogens is 1. The highest BCUT2D eigenvalue weighted by atomic mass is 14.7. The molecule has 3 N–H and O–H groups in total. The molecule has 2 aromatic rings. The molecule has 2 nitrogen and oxygen atoms in total. The van der Waals surface area contributed by atoms with E-state index in [1.165, 1.54) is 16.5 Å². The molecule has 0 unspecified atom stereocenters. The Morgan fingerprint density at radius 3 is 2.73 bits per heavy atom. The average molecular weight is 144 g/mol. The fraction of sp³-hybridized carbons (Fsp3) is 0. The first kappa shape index (κ1) is 6.31. The van der Waals surface area contributed by atoms with E-state index >= 15 is 0 Å². The van der Waals surface area contributed by atoms with Gasteiger partial charge in [0, 0.05) is 17.1 Å². The second kappa shape index (κ2) is 1.80. The molecule has 3 rings (SSSR count). The summed E-state index contributed by atoms with van der Waals surface area (Å²) in [5.74, 6) is 0. The molecule has 0 saturated carbocycles. The van der Waals surface area contributed by atoms with Crippen LogP contribution in [0.4, 0.5) is 0 Å². The fourth-order valence-electron chi connectivity index (χ4n) is 1.47. The Bertz CT molecular complexity index is 384. The van der Waals surface area contributed by atoms with Crippen molar-refractivity contribution in [2.45, 2.75) is 0 Å². The van der Waals surface area contributed by atoms with E-state index in [0.717, 1.165) is 5.52 Å². The van der Waals surface area contributed by atoms with Crippen LogP contribution in [0.15, 0.2) is 30.5 Å². The highest BCUT2D eigenvalue weighted by Crippen LogP contribution is 2.31. The monoisotopic (exact) mass is 144 g/mol. The normalized spacial score (nSPS) is 10.9. The molecule has 3 bridgehead atoms. The standard InChI is InChI=1S/C9H5N.H3N/c1-2-9-7-3-6(1)8(4-7)5-10-9;/h1-5H;1H3. The summed E-state index contributed by atoms with van der Waals surface area (Å²) in [4.78, 5) is 4.26. The van der Waals surface area contributed by atoms with Gasteiger partial charge in [-0.2, -0.15) is 0 Å². The van der Waals surface area contributed by atoms with Gasteiger partial charge in [0.25, 0.3) is 0 Å². The van der Waals surface area contributed by atoms with Crippen LogP contribution in [0.3, 0.4) is 0 Å². The highest BCUT2D eigenvalue weighted by Gasteiger charge is 2.07. The number of fused-ring (bicyclic) bond motifs is 3. The van der Waals surface area contributed by atoms with Crippen LogP contribution >= 0.6 is 0 Å². The molecular formula is C9H8N2. The zero-order chi connectivity index (χ0) is 6.55. The Hall–Kier alpha value is -1.41. The molecule has 11 heavy (non-hydrogen) atoms. The van der Waals surface area contributed by atoms with Gasteiger partial charge in [-0.15, -0.1) is 0 Å². The van der Waals surface area contributed by atoms with Gasteiger partial charge < -0.3 is 6.15 Å². The molecule has 1 aromatic heterocycles. The highest BCUT2D eigenvalue weighted by molar-refractivity contribution is 5.92. The van der Waals surface area contributed by atoms with Gasteiger partial charge >= 0.3 is 0 Å². The third-order valence-corrected chi connectivity index (χ3v) is 2.01. The molecule has 1 aromatic carbocycles. The summed E-state index contributed by atoms with van der Waals surface area (Å²) in [6.07, 6.45) is 1.93. The van der Waals surface area contributed by atoms with Crippen molar-refractivity contribution in [3.8, 4) is 11.1 Å². The number of hydrogen-bond donors (Lipinski definition) is 1. The summed E-state index contributed by atoms with van der Waals surface area (Å²) >= 11 is 0. The summed E-state index contributed by atoms with van der Waals surface area (Å²) < 4.78 is 0. The third-order valence-electron chi connectivity index (χ3n) is 2.01. The fourth-order valence-corrected chi connectivity index (χ4v) is 1.47. The first-order valence-electron chi connectivity index (χ1n) is 3.34.